The zero-order chi connectivity index (χ0) is 13.6. The van der Waals surface area contributed by atoms with Gasteiger partial charge in [-0.15, -0.1) is 0 Å². The molecule has 17 heavy (non-hydrogen) atoms. The van der Waals surface area contributed by atoms with Gasteiger partial charge in [-0.2, -0.15) is 0 Å². The molecule has 2 N–H and O–H groups in total. The molecule has 0 aromatic carbocycles. The van der Waals surface area contributed by atoms with Gasteiger partial charge in [0.1, 0.15) is 0 Å². The average molecular weight is 244 g/mol. The number of likely N-dealkylation sites (N-methyl/N-ethyl adjacent to an activating group) is 1. The van der Waals surface area contributed by atoms with E-state index in [0.29, 0.717) is 0 Å². The molecule has 0 heterocycles. The Balaban J connectivity index is 4.49. The Morgan fingerprint density at radius 2 is 1.82 bits per heavy atom. The van der Waals surface area contributed by atoms with Crippen molar-refractivity contribution < 1.29 is 9.90 Å². The minimum Gasteiger partial charge on any atom is -0.394 e. The summed E-state index contributed by atoms with van der Waals surface area (Å²) in [6.07, 6.45) is 1.89. The van der Waals surface area contributed by atoms with Gasteiger partial charge in [0, 0.05) is 11.6 Å². The van der Waals surface area contributed by atoms with Crippen LogP contribution in [0.25, 0.3) is 0 Å². The van der Waals surface area contributed by atoms with Crippen LogP contribution < -0.4 is 5.32 Å². The summed E-state index contributed by atoms with van der Waals surface area (Å²) in [5.41, 5.74) is -0.384. The van der Waals surface area contributed by atoms with Crippen molar-refractivity contribution in [1.82, 2.24) is 10.2 Å². The molecule has 4 heteroatoms. The van der Waals surface area contributed by atoms with Crippen molar-refractivity contribution in [2.45, 2.75) is 65.1 Å². The molecule has 102 valence electrons. The molecule has 1 unspecified atom stereocenters. The molecule has 0 rings (SSSR count). The normalized spacial score (nSPS) is 14.2. The van der Waals surface area contributed by atoms with Crippen LogP contribution in [0.3, 0.4) is 0 Å². The summed E-state index contributed by atoms with van der Waals surface area (Å²) in [6, 6.07) is 0.00772. The van der Waals surface area contributed by atoms with E-state index in [2.05, 4.69) is 19.2 Å². The predicted octanol–water partition coefficient (Wildman–Crippen LogP) is 1.38. The van der Waals surface area contributed by atoms with Crippen LogP contribution >= 0.6 is 0 Å². The van der Waals surface area contributed by atoms with Gasteiger partial charge in [0.25, 0.3) is 0 Å². The molecule has 0 bridgehead atoms. The van der Waals surface area contributed by atoms with Crippen molar-refractivity contribution in [2.24, 2.45) is 0 Å². The number of hydrogen-bond donors (Lipinski definition) is 2. The summed E-state index contributed by atoms with van der Waals surface area (Å²) in [4.78, 5) is 13.9. The third kappa shape index (κ3) is 4.64. The first kappa shape index (κ1) is 16.4. The zero-order valence-electron chi connectivity index (χ0n) is 12.1. The molecular formula is C13H28N2O2. The van der Waals surface area contributed by atoms with Crippen LogP contribution in [0.1, 0.15) is 47.5 Å². The van der Waals surface area contributed by atoms with Gasteiger partial charge in [-0.1, -0.05) is 13.8 Å². The van der Waals surface area contributed by atoms with Crippen molar-refractivity contribution in [1.29, 1.82) is 0 Å². The Bertz CT molecular complexity index is 238. The Morgan fingerprint density at radius 1 is 1.35 bits per heavy atom. The number of nitrogens with one attached hydrogen (secondary N) is 1. The highest BCUT2D eigenvalue weighted by Crippen LogP contribution is 2.15. The van der Waals surface area contributed by atoms with Crippen LogP contribution in [-0.2, 0) is 4.79 Å². The summed E-state index contributed by atoms with van der Waals surface area (Å²) in [7, 11) is 1.87. The first-order valence-electron chi connectivity index (χ1n) is 6.44. The standard InChI is InChI=1S/C13H28N2O2/c1-7-11(8-2)14-12(17)10(3)15(6)13(4,5)9-16/h10-11,16H,7-9H2,1-6H3,(H,14,17). The summed E-state index contributed by atoms with van der Waals surface area (Å²) in [5, 5.41) is 12.3. The topological polar surface area (TPSA) is 52.6 Å². The monoisotopic (exact) mass is 244 g/mol. The second kappa shape index (κ2) is 6.97. The molecule has 0 aliphatic rings. The molecule has 0 aromatic rings. The van der Waals surface area contributed by atoms with Crippen LogP contribution in [0.2, 0.25) is 0 Å². The Morgan fingerprint density at radius 3 is 2.18 bits per heavy atom. The van der Waals surface area contributed by atoms with Crippen molar-refractivity contribution in [3.8, 4) is 0 Å². The number of rotatable bonds is 7. The molecule has 0 spiro atoms. The number of hydrogen-bond acceptors (Lipinski definition) is 3. The Labute approximate surface area is 105 Å². The summed E-state index contributed by atoms with van der Waals surface area (Å²) >= 11 is 0. The third-order valence-electron chi connectivity index (χ3n) is 3.63. The molecule has 4 nitrogen and oxygen atoms in total. The Kier molecular flexibility index (Phi) is 6.72. The van der Waals surface area contributed by atoms with Gasteiger partial charge in [-0.3, -0.25) is 9.69 Å². The van der Waals surface area contributed by atoms with Crippen molar-refractivity contribution in [2.75, 3.05) is 13.7 Å². The number of aliphatic hydroxyl groups is 1. The maximum absolute atomic E-state index is 12.0. The van der Waals surface area contributed by atoms with Crippen LogP contribution in [0.4, 0.5) is 0 Å². The van der Waals surface area contributed by atoms with Crippen molar-refractivity contribution in [3.63, 3.8) is 0 Å². The van der Waals surface area contributed by atoms with Crippen molar-refractivity contribution >= 4 is 5.91 Å². The minimum absolute atomic E-state index is 0.0303. The number of carbonyl (C=O) groups excluding carboxylic acids is 1. The van der Waals surface area contributed by atoms with E-state index < -0.39 is 0 Å². The lowest BCUT2D eigenvalue weighted by Crippen LogP contribution is -2.55. The highest BCUT2D eigenvalue weighted by Gasteiger charge is 2.30. The molecule has 0 saturated heterocycles. The highest BCUT2D eigenvalue weighted by atomic mass is 16.3. The van der Waals surface area contributed by atoms with E-state index in [1.165, 1.54) is 0 Å². The van der Waals surface area contributed by atoms with Gasteiger partial charge in [-0.25, -0.2) is 0 Å². The number of aliphatic hydroxyl groups excluding tert-OH is 1. The van der Waals surface area contributed by atoms with E-state index >= 15 is 0 Å². The van der Waals surface area contributed by atoms with Gasteiger partial charge in [0.2, 0.25) is 5.91 Å². The number of carbonyl (C=O) groups is 1. The highest BCUT2D eigenvalue weighted by molar-refractivity contribution is 5.81. The number of amides is 1. The van der Waals surface area contributed by atoms with E-state index in [4.69, 9.17) is 0 Å². The lowest BCUT2D eigenvalue weighted by molar-refractivity contribution is -0.128. The van der Waals surface area contributed by atoms with Gasteiger partial charge >= 0.3 is 0 Å². The van der Waals surface area contributed by atoms with Crippen LogP contribution in [0, 0.1) is 0 Å². The smallest absolute Gasteiger partial charge is 0.237 e. The van der Waals surface area contributed by atoms with Gasteiger partial charge in [0.15, 0.2) is 0 Å². The SMILES string of the molecule is CCC(CC)NC(=O)C(C)N(C)C(C)(C)CO. The third-order valence-corrected chi connectivity index (χ3v) is 3.63. The molecule has 0 radical (unpaired) electrons. The molecular weight excluding hydrogens is 216 g/mol. The average Bonchev–Trinajstić information content (AvgIpc) is 2.33. The second-order valence-corrected chi connectivity index (χ2v) is 5.28. The van der Waals surface area contributed by atoms with Crippen LogP contribution in [-0.4, -0.2) is 47.2 Å². The summed E-state index contributed by atoms with van der Waals surface area (Å²) in [5.74, 6) is 0.0303. The maximum atomic E-state index is 12.0. The van der Waals surface area contributed by atoms with E-state index in [-0.39, 0.29) is 30.1 Å². The fourth-order valence-electron chi connectivity index (χ4n) is 1.63. The predicted molar refractivity (Wildman–Crippen MR) is 70.9 cm³/mol. The summed E-state index contributed by atoms with van der Waals surface area (Å²) in [6.45, 7) is 9.89. The Hall–Kier alpha value is -0.610. The zero-order valence-corrected chi connectivity index (χ0v) is 12.1. The van der Waals surface area contributed by atoms with Crippen LogP contribution in [0.5, 0.6) is 0 Å². The molecule has 0 aliphatic heterocycles. The fourth-order valence-corrected chi connectivity index (χ4v) is 1.63. The van der Waals surface area contributed by atoms with E-state index in [1.54, 1.807) is 0 Å². The van der Waals surface area contributed by atoms with Crippen molar-refractivity contribution in [3.05, 3.63) is 0 Å². The minimum atomic E-state index is -0.384. The molecule has 1 amide bonds. The van der Waals surface area contributed by atoms with E-state index in [9.17, 15) is 9.90 Å². The second-order valence-electron chi connectivity index (χ2n) is 5.28. The largest absolute Gasteiger partial charge is 0.394 e. The lowest BCUT2D eigenvalue weighted by atomic mass is 10.0. The van der Waals surface area contributed by atoms with Gasteiger partial charge in [0.05, 0.1) is 12.6 Å². The molecule has 1 atom stereocenters. The fraction of sp³-hybridized carbons (Fsp3) is 0.923. The van der Waals surface area contributed by atoms with E-state index in [0.717, 1.165) is 12.8 Å². The quantitative estimate of drug-likeness (QED) is 0.711. The van der Waals surface area contributed by atoms with E-state index in [1.807, 2.05) is 32.7 Å². The molecule has 0 fully saturated rings. The first-order valence-corrected chi connectivity index (χ1v) is 6.44. The molecule has 0 aliphatic carbocycles. The van der Waals surface area contributed by atoms with Gasteiger partial charge < -0.3 is 10.4 Å². The van der Waals surface area contributed by atoms with Gasteiger partial charge in [-0.05, 0) is 40.7 Å². The maximum Gasteiger partial charge on any atom is 0.237 e. The lowest BCUT2D eigenvalue weighted by Gasteiger charge is -2.38. The molecule has 0 aromatic heterocycles. The summed E-state index contributed by atoms with van der Waals surface area (Å²) < 4.78 is 0. The van der Waals surface area contributed by atoms with Crippen LogP contribution in [0.15, 0.2) is 0 Å². The molecule has 0 saturated carbocycles. The number of nitrogens with zero attached hydrogens (tertiary/aromatic N) is 1. The first-order chi connectivity index (χ1) is 7.80.